The summed E-state index contributed by atoms with van der Waals surface area (Å²) in [4.78, 5) is 22.6. The maximum atomic E-state index is 11.5. The number of carbonyl (C=O) groups excluding carboxylic acids is 2. The van der Waals surface area contributed by atoms with E-state index in [0.717, 1.165) is 18.5 Å². The number of rotatable bonds is 3. The molecule has 0 aliphatic heterocycles. The lowest BCUT2D eigenvalue weighted by Gasteiger charge is -2.07. The van der Waals surface area contributed by atoms with Crippen LogP contribution in [0.25, 0.3) is 0 Å². The Labute approximate surface area is 93.9 Å². The molecule has 1 saturated carbocycles. The molecule has 1 aromatic heterocycles. The minimum absolute atomic E-state index is 0.0666. The Morgan fingerprint density at radius 2 is 1.69 bits per heavy atom. The zero-order chi connectivity index (χ0) is 12.0. The van der Waals surface area contributed by atoms with Crippen LogP contribution < -0.4 is 5.11 Å². The highest BCUT2D eigenvalue weighted by Crippen LogP contribution is 2.39. The molecule has 0 bridgehead atoms. The topological polar surface area (TPSA) is 62.1 Å². The number of aromatic carboxylic acids is 1. The molecule has 1 aromatic rings. The molecular weight excluding hydrogens is 206 g/mol. The number of Topliss-reactive ketones (excluding diaryl/α,β-unsaturated/α-hetero) is 1. The summed E-state index contributed by atoms with van der Waals surface area (Å²) < 4.78 is 1.96. The van der Waals surface area contributed by atoms with Crippen LogP contribution in [0.1, 0.15) is 57.9 Å². The van der Waals surface area contributed by atoms with Crippen LogP contribution in [0.2, 0.25) is 0 Å². The predicted octanol–water partition coefficient (Wildman–Crippen LogP) is 1.01. The Kier molecular flexibility index (Phi) is 2.37. The zero-order valence-electron chi connectivity index (χ0n) is 9.66. The number of hydrogen-bond donors (Lipinski definition) is 0. The Morgan fingerprint density at radius 3 is 2.00 bits per heavy atom. The summed E-state index contributed by atoms with van der Waals surface area (Å²) in [5.74, 6) is -1.47. The van der Waals surface area contributed by atoms with Crippen molar-refractivity contribution in [1.29, 1.82) is 0 Å². The van der Waals surface area contributed by atoms with Crippen molar-refractivity contribution in [3.8, 4) is 0 Å². The fraction of sp³-hybridized carbons (Fsp3) is 0.500. The smallest absolute Gasteiger partial charge is 0.162 e. The number of ketones is 1. The van der Waals surface area contributed by atoms with E-state index < -0.39 is 5.97 Å². The van der Waals surface area contributed by atoms with E-state index in [1.807, 2.05) is 4.57 Å². The van der Waals surface area contributed by atoms with Gasteiger partial charge in [-0.15, -0.1) is 0 Å². The first-order valence-electron chi connectivity index (χ1n) is 5.38. The molecule has 0 aromatic carbocycles. The van der Waals surface area contributed by atoms with Gasteiger partial charge in [-0.1, -0.05) is 0 Å². The molecule has 0 spiro atoms. The van der Waals surface area contributed by atoms with Gasteiger partial charge in [0.1, 0.15) is 0 Å². The van der Waals surface area contributed by atoms with E-state index in [9.17, 15) is 14.7 Å². The van der Waals surface area contributed by atoms with Crippen molar-refractivity contribution in [2.24, 2.45) is 0 Å². The molecule has 4 nitrogen and oxygen atoms in total. The molecule has 0 saturated heterocycles. The average molecular weight is 220 g/mol. The third-order valence-electron chi connectivity index (χ3n) is 3.16. The maximum Gasteiger partial charge on any atom is 0.162 e. The molecule has 0 atom stereocenters. The molecule has 16 heavy (non-hydrogen) atoms. The number of carbonyl (C=O) groups is 2. The first-order chi connectivity index (χ1) is 7.45. The van der Waals surface area contributed by atoms with Crippen molar-refractivity contribution in [2.75, 3.05) is 0 Å². The van der Waals surface area contributed by atoms with Gasteiger partial charge >= 0.3 is 0 Å². The van der Waals surface area contributed by atoms with Gasteiger partial charge in [0.25, 0.3) is 0 Å². The zero-order valence-corrected chi connectivity index (χ0v) is 9.66. The quantitative estimate of drug-likeness (QED) is 0.714. The van der Waals surface area contributed by atoms with E-state index in [2.05, 4.69) is 0 Å². The second kappa shape index (κ2) is 3.47. The van der Waals surface area contributed by atoms with Crippen LogP contribution in [0.15, 0.2) is 0 Å². The van der Waals surface area contributed by atoms with Crippen molar-refractivity contribution in [1.82, 2.24) is 4.57 Å². The highest BCUT2D eigenvalue weighted by molar-refractivity contribution is 6.06. The number of aromatic nitrogens is 1. The molecule has 1 aliphatic rings. The summed E-state index contributed by atoms with van der Waals surface area (Å²) in [5, 5.41) is 11.1. The largest absolute Gasteiger partial charge is 0.545 e. The summed E-state index contributed by atoms with van der Waals surface area (Å²) in [7, 11) is 0. The monoisotopic (exact) mass is 220 g/mol. The number of nitrogens with zero attached hydrogens (tertiary/aromatic N) is 1. The van der Waals surface area contributed by atoms with Gasteiger partial charge in [0, 0.05) is 28.6 Å². The van der Waals surface area contributed by atoms with Gasteiger partial charge in [-0.2, -0.15) is 0 Å². The Hall–Kier alpha value is -1.58. The Bertz CT molecular complexity index is 443. The molecule has 4 heteroatoms. The van der Waals surface area contributed by atoms with Crippen LogP contribution in [0.4, 0.5) is 0 Å². The van der Waals surface area contributed by atoms with E-state index in [1.54, 1.807) is 13.8 Å². The van der Waals surface area contributed by atoms with Crippen LogP contribution in [0, 0.1) is 13.8 Å². The highest BCUT2D eigenvalue weighted by Gasteiger charge is 2.30. The molecule has 0 radical (unpaired) electrons. The van der Waals surface area contributed by atoms with Crippen LogP contribution in [0.3, 0.4) is 0 Å². The maximum absolute atomic E-state index is 11.5. The Balaban J connectivity index is 2.70. The van der Waals surface area contributed by atoms with Gasteiger partial charge in [0.15, 0.2) is 5.78 Å². The molecule has 1 aliphatic carbocycles. The summed E-state index contributed by atoms with van der Waals surface area (Å²) >= 11 is 0. The van der Waals surface area contributed by atoms with Crippen molar-refractivity contribution in [3.05, 3.63) is 22.5 Å². The average Bonchev–Trinajstić information content (AvgIpc) is 2.92. The number of carboxylic acids is 1. The lowest BCUT2D eigenvalue weighted by Crippen LogP contribution is -2.24. The molecule has 0 amide bonds. The highest BCUT2D eigenvalue weighted by atomic mass is 16.4. The SMILES string of the molecule is CC(=O)c1c(C(=O)[O-])c(C)n(C2CC2)c1C. The van der Waals surface area contributed by atoms with Crippen molar-refractivity contribution < 1.29 is 14.7 Å². The van der Waals surface area contributed by atoms with E-state index in [-0.39, 0.29) is 11.3 Å². The molecule has 2 rings (SSSR count). The standard InChI is InChI=1S/C12H15NO3/c1-6-10(8(3)14)11(12(15)16)7(2)13(6)9-4-5-9/h9H,4-5H2,1-3H3,(H,15,16)/p-1. The Morgan fingerprint density at radius 1 is 1.19 bits per heavy atom. The molecule has 0 unspecified atom stereocenters. The molecule has 1 heterocycles. The van der Waals surface area contributed by atoms with Crippen molar-refractivity contribution in [3.63, 3.8) is 0 Å². The molecular formula is C12H14NO3-. The normalized spacial score (nSPS) is 15.2. The minimum atomic E-state index is -1.26. The van der Waals surface area contributed by atoms with Crippen LogP contribution in [0.5, 0.6) is 0 Å². The third-order valence-corrected chi connectivity index (χ3v) is 3.16. The number of carboxylic acid groups (broad SMARTS) is 1. The van der Waals surface area contributed by atoms with Crippen LogP contribution in [-0.2, 0) is 0 Å². The summed E-state index contributed by atoms with van der Waals surface area (Å²) in [6.45, 7) is 4.93. The van der Waals surface area contributed by atoms with Gasteiger partial charge < -0.3 is 14.5 Å². The fourth-order valence-corrected chi connectivity index (χ4v) is 2.42. The van der Waals surface area contributed by atoms with E-state index >= 15 is 0 Å². The van der Waals surface area contributed by atoms with Gasteiger partial charge in [-0.25, -0.2) is 0 Å². The van der Waals surface area contributed by atoms with Crippen LogP contribution >= 0.6 is 0 Å². The lowest BCUT2D eigenvalue weighted by atomic mass is 10.1. The summed E-state index contributed by atoms with van der Waals surface area (Å²) in [6, 6.07) is 0.367. The van der Waals surface area contributed by atoms with Gasteiger partial charge in [0.05, 0.1) is 5.97 Å². The molecule has 0 N–H and O–H groups in total. The summed E-state index contributed by atoms with van der Waals surface area (Å²) in [5.41, 5.74) is 1.78. The molecule has 86 valence electrons. The second-order valence-corrected chi connectivity index (χ2v) is 4.37. The van der Waals surface area contributed by atoms with Crippen molar-refractivity contribution >= 4 is 11.8 Å². The first kappa shape index (κ1) is 10.9. The second-order valence-electron chi connectivity index (χ2n) is 4.37. The van der Waals surface area contributed by atoms with Crippen LogP contribution in [-0.4, -0.2) is 16.3 Å². The van der Waals surface area contributed by atoms with E-state index in [0.29, 0.717) is 17.3 Å². The van der Waals surface area contributed by atoms with Gasteiger partial charge in [-0.05, 0) is 33.6 Å². The van der Waals surface area contributed by atoms with E-state index in [4.69, 9.17) is 0 Å². The lowest BCUT2D eigenvalue weighted by molar-refractivity contribution is -0.255. The van der Waals surface area contributed by atoms with Gasteiger partial charge in [0.2, 0.25) is 0 Å². The van der Waals surface area contributed by atoms with Gasteiger partial charge in [-0.3, -0.25) is 4.79 Å². The van der Waals surface area contributed by atoms with E-state index in [1.165, 1.54) is 6.92 Å². The fourth-order valence-electron chi connectivity index (χ4n) is 2.42. The van der Waals surface area contributed by atoms with Crippen molar-refractivity contribution in [2.45, 2.75) is 39.7 Å². The summed E-state index contributed by atoms with van der Waals surface area (Å²) in [6.07, 6.45) is 2.11. The third kappa shape index (κ3) is 1.45. The number of hydrogen-bond acceptors (Lipinski definition) is 3. The minimum Gasteiger partial charge on any atom is -0.545 e. The molecule has 1 fully saturated rings. The first-order valence-corrected chi connectivity index (χ1v) is 5.38. The predicted molar refractivity (Wildman–Crippen MR) is 56.5 cm³/mol.